The van der Waals surface area contributed by atoms with Crippen molar-refractivity contribution < 1.29 is 19.0 Å². The molecule has 0 bridgehead atoms. The molecule has 194 valence electrons. The number of aromatic nitrogens is 2. The average Bonchev–Trinajstić information content (AvgIpc) is 3.60. The van der Waals surface area contributed by atoms with Crippen LogP contribution >= 0.6 is 11.3 Å². The molecular formula is C29H27N3O5S. The van der Waals surface area contributed by atoms with Gasteiger partial charge in [0.25, 0.3) is 5.56 Å². The number of allylic oxidation sites excluding steroid dienone is 2. The summed E-state index contributed by atoms with van der Waals surface area (Å²) >= 11 is 1.66. The fourth-order valence-corrected chi connectivity index (χ4v) is 6.47. The Kier molecular flexibility index (Phi) is 6.07. The number of carbonyl (C=O) groups excluding carboxylic acids is 1. The molecule has 2 N–H and O–H groups in total. The molecule has 0 radical (unpaired) electrons. The van der Waals surface area contributed by atoms with Crippen molar-refractivity contribution in [3.8, 4) is 22.9 Å². The van der Waals surface area contributed by atoms with E-state index in [4.69, 9.17) is 14.2 Å². The van der Waals surface area contributed by atoms with Crippen molar-refractivity contribution in [1.29, 1.82) is 0 Å². The monoisotopic (exact) mass is 529 g/mol. The van der Waals surface area contributed by atoms with Crippen molar-refractivity contribution in [2.75, 3.05) is 26.6 Å². The number of methoxy groups -OCH3 is 3. The van der Waals surface area contributed by atoms with Crippen LogP contribution in [-0.2, 0) is 4.79 Å². The fraction of sp³-hybridized carbons (Fsp3) is 0.241. The van der Waals surface area contributed by atoms with Crippen LogP contribution in [0.15, 0.2) is 76.0 Å². The third kappa shape index (κ3) is 3.73. The molecule has 4 aromatic rings. The maximum Gasteiger partial charge on any atom is 0.277 e. The molecule has 9 heteroatoms. The number of para-hydroxylation sites is 1. The highest BCUT2D eigenvalue weighted by Gasteiger charge is 2.43. The van der Waals surface area contributed by atoms with Crippen LogP contribution < -0.4 is 25.1 Å². The molecule has 0 fully saturated rings. The molecule has 1 aliphatic heterocycles. The zero-order valence-electron chi connectivity index (χ0n) is 21.2. The first-order valence-corrected chi connectivity index (χ1v) is 13.2. The van der Waals surface area contributed by atoms with Gasteiger partial charge in [0.15, 0.2) is 17.3 Å². The van der Waals surface area contributed by atoms with E-state index < -0.39 is 5.92 Å². The maximum absolute atomic E-state index is 14.0. The number of hydrogen-bond acceptors (Lipinski definition) is 7. The molecule has 0 spiro atoms. The van der Waals surface area contributed by atoms with Gasteiger partial charge in [-0.05, 0) is 36.1 Å². The van der Waals surface area contributed by atoms with Gasteiger partial charge in [-0.2, -0.15) is 0 Å². The SMILES string of the molecule is COc1ccc(C2C3=C(CC(c4cccs4)CC3=O)Nc3[nH]n(-c4ccccc4)c(=O)c32)c(OC)c1OC. The number of nitrogens with one attached hydrogen (secondary N) is 2. The molecule has 0 amide bonds. The minimum atomic E-state index is -0.651. The predicted molar refractivity (Wildman–Crippen MR) is 146 cm³/mol. The number of ether oxygens (including phenoxy) is 3. The number of ketones is 1. The van der Waals surface area contributed by atoms with Crippen molar-refractivity contribution in [2.45, 2.75) is 24.7 Å². The molecule has 2 atom stereocenters. The molecular weight excluding hydrogens is 502 g/mol. The van der Waals surface area contributed by atoms with E-state index >= 15 is 0 Å². The maximum atomic E-state index is 14.0. The number of benzene rings is 2. The second-order valence-corrected chi connectivity index (χ2v) is 10.3. The number of nitrogens with zero attached hydrogens (tertiary/aromatic N) is 1. The molecule has 0 saturated carbocycles. The van der Waals surface area contributed by atoms with Crippen molar-refractivity contribution in [3.63, 3.8) is 0 Å². The number of thiophene rings is 1. The summed E-state index contributed by atoms with van der Waals surface area (Å²) in [6, 6.07) is 17.1. The van der Waals surface area contributed by atoms with Gasteiger partial charge in [-0.3, -0.25) is 14.7 Å². The Balaban J connectivity index is 1.59. The van der Waals surface area contributed by atoms with E-state index in [2.05, 4.69) is 16.5 Å². The first-order valence-electron chi connectivity index (χ1n) is 12.3. The van der Waals surface area contributed by atoms with Crippen LogP contribution in [0.25, 0.3) is 5.69 Å². The zero-order chi connectivity index (χ0) is 26.4. The smallest absolute Gasteiger partial charge is 0.277 e. The Morgan fingerprint density at radius 1 is 0.895 bits per heavy atom. The van der Waals surface area contributed by atoms with Gasteiger partial charge < -0.3 is 19.5 Å². The summed E-state index contributed by atoms with van der Waals surface area (Å²) < 4.78 is 18.5. The van der Waals surface area contributed by atoms with Gasteiger partial charge in [-0.15, -0.1) is 11.3 Å². The highest BCUT2D eigenvalue weighted by atomic mass is 32.1. The number of anilines is 1. The number of H-pyrrole nitrogens is 1. The van der Waals surface area contributed by atoms with E-state index in [9.17, 15) is 9.59 Å². The molecule has 2 aliphatic rings. The van der Waals surface area contributed by atoms with E-state index in [0.29, 0.717) is 58.3 Å². The first kappa shape index (κ1) is 24.1. The number of carbonyl (C=O) groups is 1. The lowest BCUT2D eigenvalue weighted by molar-refractivity contribution is -0.116. The molecule has 3 heterocycles. The lowest BCUT2D eigenvalue weighted by atomic mass is 9.73. The van der Waals surface area contributed by atoms with Gasteiger partial charge in [0, 0.05) is 34.0 Å². The Bertz CT molecular complexity index is 1600. The van der Waals surface area contributed by atoms with Gasteiger partial charge >= 0.3 is 0 Å². The third-order valence-electron chi connectivity index (χ3n) is 7.29. The minimum Gasteiger partial charge on any atom is -0.493 e. The number of aromatic amines is 1. The standard InChI is InChI=1S/C29H27N3O5S/c1-35-21-12-11-18(26(36-2)27(21)37-3)23-24-19(14-16(15-20(24)33)22-10-7-13-38-22)30-28-25(23)29(34)32(31-28)17-8-5-4-6-9-17/h4-13,16,23,30-31H,14-15H2,1-3H3. The molecule has 38 heavy (non-hydrogen) atoms. The van der Waals surface area contributed by atoms with E-state index in [1.165, 1.54) is 9.56 Å². The van der Waals surface area contributed by atoms with Crippen LogP contribution in [0.2, 0.25) is 0 Å². The summed E-state index contributed by atoms with van der Waals surface area (Å²) in [5.74, 6) is 1.34. The number of hydrogen-bond donors (Lipinski definition) is 2. The Labute approximate surface area is 223 Å². The van der Waals surface area contributed by atoms with Gasteiger partial charge in [0.2, 0.25) is 5.75 Å². The van der Waals surface area contributed by atoms with E-state index in [-0.39, 0.29) is 17.3 Å². The molecule has 1 aliphatic carbocycles. The Morgan fingerprint density at radius 2 is 1.68 bits per heavy atom. The number of Topliss-reactive ketones (excluding diaryl/α,β-unsaturated/α-hetero) is 1. The minimum absolute atomic E-state index is 0.0106. The summed E-state index contributed by atoms with van der Waals surface area (Å²) in [7, 11) is 4.64. The topological polar surface area (TPSA) is 94.6 Å². The van der Waals surface area contributed by atoms with Crippen molar-refractivity contribution in [1.82, 2.24) is 9.78 Å². The number of rotatable bonds is 6. The van der Waals surface area contributed by atoms with E-state index in [1.807, 2.05) is 47.8 Å². The molecule has 2 aromatic carbocycles. The average molecular weight is 530 g/mol. The molecule has 6 rings (SSSR count). The van der Waals surface area contributed by atoms with Crippen LogP contribution in [0.4, 0.5) is 5.82 Å². The summed E-state index contributed by atoms with van der Waals surface area (Å²) in [6.45, 7) is 0. The summed E-state index contributed by atoms with van der Waals surface area (Å²) in [4.78, 5) is 29.0. The van der Waals surface area contributed by atoms with Crippen LogP contribution in [0.5, 0.6) is 17.2 Å². The highest BCUT2D eigenvalue weighted by Crippen LogP contribution is 2.52. The van der Waals surface area contributed by atoms with Gasteiger partial charge in [0.1, 0.15) is 5.82 Å². The lowest BCUT2D eigenvalue weighted by Gasteiger charge is -2.34. The van der Waals surface area contributed by atoms with Crippen LogP contribution in [0.3, 0.4) is 0 Å². The van der Waals surface area contributed by atoms with Gasteiger partial charge in [-0.1, -0.05) is 30.3 Å². The normalized spacial score (nSPS) is 18.4. The third-order valence-corrected chi connectivity index (χ3v) is 8.33. The summed E-state index contributed by atoms with van der Waals surface area (Å²) in [6.07, 6.45) is 1.03. The summed E-state index contributed by atoms with van der Waals surface area (Å²) in [5, 5.41) is 8.72. The van der Waals surface area contributed by atoms with Crippen LogP contribution in [0, 0.1) is 0 Å². The second kappa shape index (κ2) is 9.57. The van der Waals surface area contributed by atoms with E-state index in [0.717, 1.165) is 5.70 Å². The van der Waals surface area contributed by atoms with Crippen molar-refractivity contribution in [3.05, 3.63) is 97.6 Å². The first-order chi connectivity index (χ1) is 18.5. The van der Waals surface area contributed by atoms with Crippen molar-refractivity contribution >= 4 is 22.9 Å². The quantitative estimate of drug-likeness (QED) is 0.356. The molecule has 2 unspecified atom stereocenters. The fourth-order valence-electron chi connectivity index (χ4n) is 5.64. The zero-order valence-corrected chi connectivity index (χ0v) is 22.1. The highest BCUT2D eigenvalue weighted by molar-refractivity contribution is 7.10. The lowest BCUT2D eigenvalue weighted by Crippen LogP contribution is -2.32. The van der Waals surface area contributed by atoms with Gasteiger partial charge in [-0.25, -0.2) is 4.68 Å². The Hall–Kier alpha value is -4.24. The number of fused-ring (bicyclic) bond motifs is 1. The van der Waals surface area contributed by atoms with Crippen molar-refractivity contribution in [2.24, 2.45) is 0 Å². The molecule has 8 nitrogen and oxygen atoms in total. The molecule has 0 saturated heterocycles. The largest absolute Gasteiger partial charge is 0.493 e. The van der Waals surface area contributed by atoms with Gasteiger partial charge in [0.05, 0.1) is 38.5 Å². The van der Waals surface area contributed by atoms with Crippen LogP contribution in [-0.4, -0.2) is 36.9 Å². The molecule has 2 aromatic heterocycles. The Morgan fingerprint density at radius 3 is 2.37 bits per heavy atom. The van der Waals surface area contributed by atoms with Crippen LogP contribution in [0.1, 0.15) is 40.7 Å². The predicted octanol–water partition coefficient (Wildman–Crippen LogP) is 5.21. The summed E-state index contributed by atoms with van der Waals surface area (Å²) in [5.41, 5.74) is 3.00. The van der Waals surface area contributed by atoms with E-state index in [1.54, 1.807) is 38.7 Å². The second-order valence-electron chi connectivity index (χ2n) is 9.29.